The van der Waals surface area contributed by atoms with Crippen LogP contribution in [0.1, 0.15) is 78.5 Å². The maximum Gasteiger partial charge on any atom is 0.408 e. The first-order valence-corrected chi connectivity index (χ1v) is 13.7. The standard InChI is InChI=1S/C31H45N3O6/c1-19(2)10-11-21(4)34(29(37)22(5)32-30(38)40-31(6,7)8)27(23-12-17-26(35)20(3)18-23)28(36)33-24-13-15-25(39-9)16-14-24/h12-19,21-22,27,35H,10-11H2,1-9H3,(H,32,38)(H,33,36). The van der Waals surface area contributed by atoms with Crippen molar-refractivity contribution in [3.63, 3.8) is 0 Å². The molecule has 2 aromatic carbocycles. The molecular formula is C31H45N3O6. The van der Waals surface area contributed by atoms with Gasteiger partial charge in [-0.2, -0.15) is 0 Å². The third kappa shape index (κ3) is 9.47. The molecule has 2 aromatic rings. The van der Waals surface area contributed by atoms with Crippen molar-refractivity contribution in [3.8, 4) is 11.5 Å². The molecule has 9 nitrogen and oxygen atoms in total. The van der Waals surface area contributed by atoms with E-state index in [0.717, 1.165) is 6.42 Å². The Morgan fingerprint density at radius 1 is 0.975 bits per heavy atom. The molecule has 0 aliphatic heterocycles. The number of ether oxygens (including phenoxy) is 2. The highest BCUT2D eigenvalue weighted by molar-refractivity contribution is 5.99. The van der Waals surface area contributed by atoms with Gasteiger partial charge >= 0.3 is 6.09 Å². The van der Waals surface area contributed by atoms with Crippen LogP contribution in [0.25, 0.3) is 0 Å². The molecule has 0 aromatic heterocycles. The number of rotatable bonds is 11. The number of methoxy groups -OCH3 is 1. The fourth-order valence-electron chi connectivity index (χ4n) is 4.25. The van der Waals surface area contributed by atoms with Crippen LogP contribution in [0.4, 0.5) is 10.5 Å². The highest BCUT2D eigenvalue weighted by Gasteiger charge is 2.37. The Kier molecular flexibility index (Phi) is 11.4. The number of amides is 3. The Morgan fingerprint density at radius 2 is 1.60 bits per heavy atom. The molecule has 3 unspecified atom stereocenters. The van der Waals surface area contributed by atoms with Crippen LogP contribution >= 0.6 is 0 Å². The molecule has 0 heterocycles. The Hall–Kier alpha value is -3.75. The SMILES string of the molecule is COc1ccc(NC(=O)C(c2ccc(O)c(C)c2)N(C(=O)C(C)NC(=O)OC(C)(C)C)C(C)CCC(C)C)cc1. The first kappa shape index (κ1) is 32.5. The molecule has 3 N–H and O–H groups in total. The molecule has 0 aliphatic carbocycles. The molecule has 0 saturated heterocycles. The number of alkyl carbamates (subject to hydrolysis) is 1. The number of benzene rings is 2. The van der Waals surface area contributed by atoms with E-state index in [1.54, 1.807) is 78.1 Å². The Balaban J connectivity index is 2.54. The molecule has 0 spiro atoms. The van der Waals surface area contributed by atoms with Gasteiger partial charge in [-0.05, 0) is 108 Å². The van der Waals surface area contributed by atoms with Crippen LogP contribution < -0.4 is 15.4 Å². The second-order valence-corrected chi connectivity index (χ2v) is 11.6. The zero-order chi connectivity index (χ0) is 30.2. The van der Waals surface area contributed by atoms with Gasteiger partial charge in [-0.1, -0.05) is 19.9 Å². The summed E-state index contributed by atoms with van der Waals surface area (Å²) in [6.07, 6.45) is 0.759. The van der Waals surface area contributed by atoms with Gasteiger partial charge in [-0.3, -0.25) is 9.59 Å². The van der Waals surface area contributed by atoms with E-state index >= 15 is 0 Å². The summed E-state index contributed by atoms with van der Waals surface area (Å²) in [6.45, 7) is 14.6. The van der Waals surface area contributed by atoms with Crippen molar-refractivity contribution in [3.05, 3.63) is 53.6 Å². The monoisotopic (exact) mass is 555 g/mol. The van der Waals surface area contributed by atoms with E-state index in [4.69, 9.17) is 9.47 Å². The van der Waals surface area contributed by atoms with E-state index in [9.17, 15) is 19.5 Å². The number of hydrogen-bond acceptors (Lipinski definition) is 6. The molecule has 0 fully saturated rings. The maximum absolute atomic E-state index is 14.0. The number of aryl methyl sites for hydroxylation is 1. The van der Waals surface area contributed by atoms with Gasteiger partial charge in [0.05, 0.1) is 7.11 Å². The summed E-state index contributed by atoms with van der Waals surface area (Å²) in [4.78, 5) is 42.1. The van der Waals surface area contributed by atoms with E-state index in [1.807, 2.05) is 6.92 Å². The highest BCUT2D eigenvalue weighted by atomic mass is 16.6. The lowest BCUT2D eigenvalue weighted by atomic mass is 9.96. The molecule has 40 heavy (non-hydrogen) atoms. The maximum atomic E-state index is 14.0. The smallest absolute Gasteiger partial charge is 0.408 e. The largest absolute Gasteiger partial charge is 0.508 e. The fourth-order valence-corrected chi connectivity index (χ4v) is 4.25. The van der Waals surface area contributed by atoms with E-state index in [-0.39, 0.29) is 11.8 Å². The van der Waals surface area contributed by atoms with Crippen molar-refractivity contribution in [2.75, 3.05) is 12.4 Å². The van der Waals surface area contributed by atoms with Crippen LogP contribution in [0.3, 0.4) is 0 Å². The van der Waals surface area contributed by atoms with E-state index in [1.165, 1.54) is 11.0 Å². The zero-order valence-electron chi connectivity index (χ0n) is 25.2. The first-order valence-electron chi connectivity index (χ1n) is 13.7. The number of phenolic OH excluding ortho intramolecular Hbond substituents is 1. The summed E-state index contributed by atoms with van der Waals surface area (Å²) in [5.74, 6) is 0.264. The van der Waals surface area contributed by atoms with Gasteiger partial charge in [-0.15, -0.1) is 0 Å². The summed E-state index contributed by atoms with van der Waals surface area (Å²) in [6, 6.07) is 9.41. The summed E-state index contributed by atoms with van der Waals surface area (Å²) in [7, 11) is 1.56. The second-order valence-electron chi connectivity index (χ2n) is 11.6. The van der Waals surface area contributed by atoms with E-state index in [0.29, 0.717) is 34.9 Å². The lowest BCUT2D eigenvalue weighted by Crippen LogP contribution is -2.54. The normalized spacial score (nSPS) is 13.7. The molecule has 3 amide bonds. The lowest BCUT2D eigenvalue weighted by Gasteiger charge is -2.38. The van der Waals surface area contributed by atoms with Crippen molar-refractivity contribution in [1.29, 1.82) is 0 Å². The van der Waals surface area contributed by atoms with Gasteiger partial charge in [-0.25, -0.2) is 4.79 Å². The third-order valence-corrected chi connectivity index (χ3v) is 6.42. The lowest BCUT2D eigenvalue weighted by molar-refractivity contribution is -0.143. The van der Waals surface area contributed by atoms with Crippen molar-refractivity contribution in [1.82, 2.24) is 10.2 Å². The van der Waals surface area contributed by atoms with Crippen LogP contribution in [-0.4, -0.2) is 52.7 Å². The number of nitrogens with zero attached hydrogens (tertiary/aromatic N) is 1. The molecule has 0 radical (unpaired) electrons. The molecule has 0 saturated carbocycles. The van der Waals surface area contributed by atoms with Crippen LogP contribution in [0, 0.1) is 12.8 Å². The van der Waals surface area contributed by atoms with Crippen molar-refractivity contribution in [2.24, 2.45) is 5.92 Å². The number of anilines is 1. The van der Waals surface area contributed by atoms with Gasteiger partial charge in [0.1, 0.15) is 29.2 Å². The van der Waals surface area contributed by atoms with Gasteiger partial charge < -0.3 is 30.1 Å². The Labute approximate surface area is 238 Å². The minimum absolute atomic E-state index is 0.0868. The van der Waals surface area contributed by atoms with E-state index < -0.39 is 35.6 Å². The van der Waals surface area contributed by atoms with Crippen molar-refractivity contribution >= 4 is 23.6 Å². The van der Waals surface area contributed by atoms with E-state index in [2.05, 4.69) is 24.5 Å². The number of nitrogens with one attached hydrogen (secondary N) is 2. The van der Waals surface area contributed by atoms with Crippen LogP contribution in [0.5, 0.6) is 11.5 Å². The average Bonchev–Trinajstić information content (AvgIpc) is 2.86. The first-order chi connectivity index (χ1) is 18.6. The topological polar surface area (TPSA) is 117 Å². The number of phenols is 1. The quantitative estimate of drug-likeness (QED) is 0.315. The average molecular weight is 556 g/mol. The predicted octanol–water partition coefficient (Wildman–Crippen LogP) is 5.96. The molecule has 220 valence electrons. The molecule has 0 bridgehead atoms. The van der Waals surface area contributed by atoms with Crippen LogP contribution in [0.2, 0.25) is 0 Å². The van der Waals surface area contributed by atoms with Gasteiger partial charge in [0, 0.05) is 11.7 Å². The van der Waals surface area contributed by atoms with Crippen LogP contribution in [-0.2, 0) is 14.3 Å². The summed E-state index contributed by atoms with van der Waals surface area (Å²) < 4.78 is 10.6. The molecule has 9 heteroatoms. The summed E-state index contributed by atoms with van der Waals surface area (Å²) in [5.41, 5.74) is 0.910. The number of carbonyl (C=O) groups is 3. The van der Waals surface area contributed by atoms with Crippen molar-refractivity contribution in [2.45, 2.75) is 92.0 Å². The zero-order valence-corrected chi connectivity index (χ0v) is 25.2. The summed E-state index contributed by atoms with van der Waals surface area (Å²) >= 11 is 0. The molecular weight excluding hydrogens is 510 g/mol. The molecule has 0 aliphatic rings. The number of carbonyl (C=O) groups excluding carboxylic acids is 3. The van der Waals surface area contributed by atoms with Gasteiger partial charge in [0.15, 0.2) is 0 Å². The molecule has 3 atom stereocenters. The highest BCUT2D eigenvalue weighted by Crippen LogP contribution is 2.31. The molecule has 2 rings (SSSR count). The summed E-state index contributed by atoms with van der Waals surface area (Å²) in [5, 5.41) is 15.7. The number of aromatic hydroxyl groups is 1. The van der Waals surface area contributed by atoms with Crippen molar-refractivity contribution < 1.29 is 29.0 Å². The minimum atomic E-state index is -1.04. The predicted molar refractivity (Wildman–Crippen MR) is 156 cm³/mol. The Morgan fingerprint density at radius 3 is 2.12 bits per heavy atom. The van der Waals surface area contributed by atoms with Crippen LogP contribution in [0.15, 0.2) is 42.5 Å². The minimum Gasteiger partial charge on any atom is -0.508 e. The van der Waals surface area contributed by atoms with Gasteiger partial charge in [0.25, 0.3) is 5.91 Å². The second kappa shape index (κ2) is 14.1. The third-order valence-electron chi connectivity index (χ3n) is 6.42. The fraction of sp³-hybridized carbons (Fsp3) is 0.516. The number of hydrogen-bond donors (Lipinski definition) is 3. The Bertz CT molecular complexity index is 1160. The van der Waals surface area contributed by atoms with Gasteiger partial charge in [0.2, 0.25) is 5.91 Å².